The average Bonchev–Trinajstić information content (AvgIpc) is 4.30. The number of aromatic amines is 1. The van der Waals surface area contributed by atoms with Gasteiger partial charge in [-0.05, 0) is 101 Å². The van der Waals surface area contributed by atoms with Crippen LogP contribution in [0.3, 0.4) is 0 Å². The lowest BCUT2D eigenvalue weighted by Crippen LogP contribution is -2.55. The molecule has 0 bridgehead atoms. The molecule has 0 radical (unpaired) electrons. The first-order valence-electron chi connectivity index (χ1n) is 25.6. The molecule has 1 saturated carbocycles. The van der Waals surface area contributed by atoms with E-state index in [-0.39, 0.29) is 72.5 Å². The second-order valence-corrected chi connectivity index (χ2v) is 20.2. The van der Waals surface area contributed by atoms with Gasteiger partial charge in [0.1, 0.15) is 40.7 Å². The number of ketones is 1. The topological polar surface area (TPSA) is 231 Å². The Morgan fingerprint density at radius 1 is 0.895 bits per heavy atom. The molecule has 8 rings (SSSR count). The number of likely N-dealkylation sites (tertiary alicyclic amines) is 1. The second-order valence-electron chi connectivity index (χ2n) is 18.9. The van der Waals surface area contributed by atoms with Crippen molar-refractivity contribution in [3.63, 3.8) is 0 Å². The number of hydrogen-bond acceptors (Lipinski definition) is 15. The zero-order valence-electron chi connectivity index (χ0n) is 42.4. The minimum Gasteiger partial charge on any atom is -0.491 e. The Morgan fingerprint density at radius 3 is 2.42 bits per heavy atom. The van der Waals surface area contributed by atoms with Crippen LogP contribution in [0.1, 0.15) is 95.7 Å². The summed E-state index contributed by atoms with van der Waals surface area (Å²) in [7, 11) is 1.72. The maximum absolute atomic E-state index is 14.2. The largest absolute Gasteiger partial charge is 0.491 e. The van der Waals surface area contributed by atoms with Gasteiger partial charge in [-0.2, -0.15) is 5.10 Å². The third kappa shape index (κ3) is 14.9. The van der Waals surface area contributed by atoms with Crippen molar-refractivity contribution in [3.8, 4) is 22.8 Å². The summed E-state index contributed by atoms with van der Waals surface area (Å²) in [4.78, 5) is 80.4. The first-order chi connectivity index (χ1) is 36.7. The minimum atomic E-state index is -3.86. The van der Waals surface area contributed by atoms with Crippen molar-refractivity contribution in [2.45, 2.75) is 82.0 Å². The van der Waals surface area contributed by atoms with Gasteiger partial charge >= 0.3 is 5.57 Å². The normalized spacial score (nSPS) is 17.8. The number of amides is 4. The maximum Gasteiger partial charge on any atom is 0.487 e. The SMILES string of the molecule is CN[C@@H](C)C(=O)N[C@H](C(=O)N1CCC[C@H]1c1nc(C(=O)c2cccc(OCCOCCOCCNC(=O)C3CCN(c4ncc(C(=O)Nc5ccc(OC(F)(F)Cl)cc5)cc4-c4ccn[nH]4)C3)c2)cs1)C1CCCCC1. The summed E-state index contributed by atoms with van der Waals surface area (Å²) in [5, 5.41) is 21.1. The van der Waals surface area contributed by atoms with E-state index < -0.39 is 23.6 Å². The maximum atomic E-state index is 14.2. The second kappa shape index (κ2) is 26.5. The predicted octanol–water partition coefficient (Wildman–Crippen LogP) is 6.97. The number of halogens is 3. The van der Waals surface area contributed by atoms with Gasteiger partial charge in [-0.25, -0.2) is 9.97 Å². The van der Waals surface area contributed by atoms with E-state index in [2.05, 4.69) is 41.2 Å². The molecule has 406 valence electrons. The molecule has 4 atom stereocenters. The van der Waals surface area contributed by atoms with E-state index in [4.69, 9.17) is 30.8 Å². The number of hydrogen-bond donors (Lipinski definition) is 5. The highest BCUT2D eigenvalue weighted by Crippen LogP contribution is 2.37. The number of nitrogens with zero attached hydrogens (tertiary/aromatic N) is 5. The lowest BCUT2D eigenvalue weighted by atomic mass is 9.83. The fraction of sp³-hybridized carbons (Fsp3) is 0.472. The highest BCUT2D eigenvalue weighted by atomic mass is 35.5. The van der Waals surface area contributed by atoms with Crippen LogP contribution < -0.4 is 35.6 Å². The Labute approximate surface area is 448 Å². The molecular formula is C53H63ClF2N10O9S. The van der Waals surface area contributed by atoms with Gasteiger partial charge in [0.05, 0.1) is 55.7 Å². The van der Waals surface area contributed by atoms with Gasteiger partial charge in [-0.15, -0.1) is 20.1 Å². The predicted molar refractivity (Wildman–Crippen MR) is 281 cm³/mol. The Morgan fingerprint density at radius 2 is 1.67 bits per heavy atom. The van der Waals surface area contributed by atoms with E-state index in [0.717, 1.165) is 44.9 Å². The van der Waals surface area contributed by atoms with Crippen molar-refractivity contribution in [2.75, 3.05) is 76.5 Å². The lowest BCUT2D eigenvalue weighted by Gasteiger charge is -2.35. The van der Waals surface area contributed by atoms with Crippen LogP contribution in [0.5, 0.6) is 11.5 Å². The van der Waals surface area contributed by atoms with Crippen LogP contribution in [0.15, 0.2) is 78.4 Å². The number of thiazole rings is 1. The Kier molecular flexibility index (Phi) is 19.4. The number of carbonyl (C=O) groups excluding carboxylic acids is 5. The van der Waals surface area contributed by atoms with Crippen molar-refractivity contribution in [3.05, 3.63) is 100 Å². The molecule has 2 saturated heterocycles. The summed E-state index contributed by atoms with van der Waals surface area (Å²) in [6, 6.07) is 14.3. The van der Waals surface area contributed by atoms with Crippen LogP contribution in [0, 0.1) is 11.8 Å². The summed E-state index contributed by atoms with van der Waals surface area (Å²) in [5.41, 5.74) is -1.34. The van der Waals surface area contributed by atoms with Crippen LogP contribution >= 0.6 is 22.9 Å². The molecule has 5 N–H and O–H groups in total. The number of carbonyl (C=O) groups is 5. The van der Waals surface area contributed by atoms with E-state index in [1.165, 1.54) is 41.8 Å². The van der Waals surface area contributed by atoms with Crippen LogP contribution in [0.25, 0.3) is 11.3 Å². The van der Waals surface area contributed by atoms with Gasteiger partial charge in [-0.3, -0.25) is 29.1 Å². The molecule has 3 aliphatic rings. The van der Waals surface area contributed by atoms with Crippen LogP contribution in [-0.2, 0) is 23.9 Å². The Hall–Kier alpha value is -6.59. The Balaban J connectivity index is 0.727. The summed E-state index contributed by atoms with van der Waals surface area (Å²) >= 11 is 6.21. The first kappa shape index (κ1) is 55.6. The molecule has 0 spiro atoms. The van der Waals surface area contributed by atoms with E-state index in [9.17, 15) is 32.8 Å². The molecule has 76 heavy (non-hydrogen) atoms. The number of pyridine rings is 1. The van der Waals surface area contributed by atoms with Gasteiger partial charge in [0, 0.05) is 72.4 Å². The molecule has 5 aromatic rings. The van der Waals surface area contributed by atoms with Crippen molar-refractivity contribution in [1.82, 2.24) is 41.0 Å². The number of benzene rings is 2. The molecule has 3 aromatic heterocycles. The summed E-state index contributed by atoms with van der Waals surface area (Å²) in [6.07, 6.45) is 10.1. The number of aromatic nitrogens is 4. The van der Waals surface area contributed by atoms with Crippen molar-refractivity contribution < 1.29 is 51.7 Å². The smallest absolute Gasteiger partial charge is 0.487 e. The van der Waals surface area contributed by atoms with Crippen molar-refractivity contribution in [2.24, 2.45) is 11.8 Å². The standard InChI is InChI=1S/C53H63ClF2N10O9S/c1-33(57-2)48(68)63-45(34-8-4-3-5-9-34)52(71)66-21-7-12-44(66)51-62-43(32-76-51)46(67)35-10-6-11-40(28-35)74-27-26-73-25-24-72-23-20-58-49(69)36-18-22-65(31-36)47-41(42-17-19-60-64-42)29-37(30-59-47)50(70)61-38-13-15-39(16-14-38)75-53(54,55)56/h6,10-11,13-17,19,28-30,32-34,36,44-45,57H,3-5,7-9,12,18,20-27,31H2,1-2H3,(H,58,69)(H,60,64)(H,61,70)(H,63,68)/t33-,36?,44-,45-/m0/s1. The van der Waals surface area contributed by atoms with E-state index in [0.29, 0.717) is 90.6 Å². The molecule has 1 unspecified atom stereocenters. The van der Waals surface area contributed by atoms with Crippen LogP contribution in [-0.4, -0.2) is 138 Å². The molecule has 3 fully saturated rings. The summed E-state index contributed by atoms with van der Waals surface area (Å²) in [6.45, 7) is 5.03. The highest BCUT2D eigenvalue weighted by Gasteiger charge is 2.40. The number of rotatable bonds is 25. The molecule has 19 nitrogen and oxygen atoms in total. The summed E-state index contributed by atoms with van der Waals surface area (Å²) in [5.74, 6) is -0.440. The monoisotopic (exact) mass is 1090 g/mol. The van der Waals surface area contributed by atoms with Gasteiger partial charge < -0.3 is 50.0 Å². The fourth-order valence-electron chi connectivity index (χ4n) is 9.62. The van der Waals surface area contributed by atoms with Crippen LogP contribution in [0.4, 0.5) is 20.3 Å². The third-order valence-corrected chi connectivity index (χ3v) is 14.7. The number of anilines is 2. The van der Waals surface area contributed by atoms with Gasteiger partial charge in [0.25, 0.3) is 5.91 Å². The molecular weight excluding hydrogens is 1030 g/mol. The fourth-order valence-corrected chi connectivity index (χ4v) is 10.7. The van der Waals surface area contributed by atoms with Gasteiger partial charge in [0.2, 0.25) is 23.5 Å². The quantitative estimate of drug-likeness (QED) is 0.0226. The number of H-pyrrole nitrogens is 1. The molecule has 23 heteroatoms. The van der Waals surface area contributed by atoms with E-state index >= 15 is 0 Å². The number of alkyl halides is 3. The van der Waals surface area contributed by atoms with Gasteiger partial charge in [-0.1, -0.05) is 31.4 Å². The number of nitrogens with one attached hydrogen (secondary N) is 5. The van der Waals surface area contributed by atoms with Crippen molar-refractivity contribution in [1.29, 1.82) is 0 Å². The summed E-state index contributed by atoms with van der Waals surface area (Å²) < 4.78 is 47.6. The highest BCUT2D eigenvalue weighted by molar-refractivity contribution is 7.10. The first-order valence-corrected chi connectivity index (χ1v) is 26.9. The number of ether oxygens (including phenoxy) is 4. The Bertz CT molecular complexity index is 2760. The molecule has 2 aromatic carbocycles. The van der Waals surface area contributed by atoms with E-state index in [1.54, 1.807) is 61.9 Å². The van der Waals surface area contributed by atoms with Gasteiger partial charge in [0.15, 0.2) is 0 Å². The zero-order chi connectivity index (χ0) is 53.6. The molecule has 2 aliphatic heterocycles. The molecule has 1 aliphatic carbocycles. The molecule has 4 amide bonds. The number of likely N-dealkylation sites (N-methyl/N-ethyl adjacent to an activating group) is 1. The molecule has 5 heterocycles. The van der Waals surface area contributed by atoms with E-state index in [1.807, 2.05) is 9.80 Å². The van der Waals surface area contributed by atoms with Crippen LogP contribution in [0.2, 0.25) is 0 Å². The average molecular weight is 1090 g/mol. The third-order valence-electron chi connectivity index (χ3n) is 13.7. The van der Waals surface area contributed by atoms with Crippen molar-refractivity contribution >= 4 is 63.9 Å². The zero-order valence-corrected chi connectivity index (χ0v) is 43.9. The minimum absolute atomic E-state index is 0.0783. The lowest BCUT2D eigenvalue weighted by molar-refractivity contribution is -0.139.